The molecule has 9 heteroatoms. The summed E-state index contributed by atoms with van der Waals surface area (Å²) < 4.78 is 2.12. The fraction of sp³-hybridized carbons (Fsp3) is 0.280. The van der Waals surface area contributed by atoms with Crippen molar-refractivity contribution in [2.75, 3.05) is 5.32 Å². The van der Waals surface area contributed by atoms with Gasteiger partial charge in [-0.1, -0.05) is 47.7 Å². The standard InChI is InChI=1S/C25H26N6O2S/c1-14-8-11-20(15(2)12-14)27-24(33)28-23(32)16(3)34-25-30-29-22(31(25)17-9-10-17)19-13-26-21-7-5-4-6-18(19)21/h4-8,11-13,16-17,26H,9-10H2,1-3H3,(H2,27,28,32,33). The maximum atomic E-state index is 12.7. The van der Waals surface area contributed by atoms with E-state index in [0.717, 1.165) is 46.3 Å². The number of benzene rings is 2. The number of urea groups is 1. The summed E-state index contributed by atoms with van der Waals surface area (Å²) >= 11 is 1.31. The summed E-state index contributed by atoms with van der Waals surface area (Å²) in [7, 11) is 0. The van der Waals surface area contributed by atoms with Crippen molar-refractivity contribution in [1.29, 1.82) is 0 Å². The van der Waals surface area contributed by atoms with Crippen LogP contribution in [0.4, 0.5) is 10.5 Å². The molecule has 3 amide bonds. The Kier molecular flexibility index (Phi) is 5.87. The van der Waals surface area contributed by atoms with E-state index in [2.05, 4.69) is 36.4 Å². The number of aryl methyl sites for hydroxylation is 2. The topological polar surface area (TPSA) is 105 Å². The lowest BCUT2D eigenvalue weighted by Gasteiger charge is -2.14. The van der Waals surface area contributed by atoms with E-state index in [9.17, 15) is 9.59 Å². The number of hydrogen-bond donors (Lipinski definition) is 3. The van der Waals surface area contributed by atoms with Crippen molar-refractivity contribution in [3.05, 3.63) is 59.8 Å². The molecule has 2 aromatic heterocycles. The molecule has 0 spiro atoms. The highest BCUT2D eigenvalue weighted by Gasteiger charge is 2.32. The number of thioether (sulfide) groups is 1. The van der Waals surface area contributed by atoms with Gasteiger partial charge in [-0.15, -0.1) is 10.2 Å². The largest absolute Gasteiger partial charge is 0.360 e. The lowest BCUT2D eigenvalue weighted by atomic mass is 10.1. The van der Waals surface area contributed by atoms with Gasteiger partial charge in [-0.2, -0.15) is 0 Å². The molecule has 2 heterocycles. The number of carbonyl (C=O) groups is 2. The number of anilines is 1. The Morgan fingerprint density at radius 2 is 1.94 bits per heavy atom. The number of imide groups is 1. The quantitative estimate of drug-likeness (QED) is 0.333. The van der Waals surface area contributed by atoms with Crippen LogP contribution in [0, 0.1) is 13.8 Å². The van der Waals surface area contributed by atoms with Crippen molar-refractivity contribution in [1.82, 2.24) is 25.1 Å². The van der Waals surface area contributed by atoms with Crippen molar-refractivity contribution in [2.45, 2.75) is 50.1 Å². The van der Waals surface area contributed by atoms with E-state index in [1.54, 1.807) is 6.92 Å². The molecule has 174 valence electrons. The predicted molar refractivity (Wildman–Crippen MR) is 134 cm³/mol. The van der Waals surface area contributed by atoms with E-state index in [0.29, 0.717) is 16.9 Å². The second kappa shape index (κ2) is 8.98. The van der Waals surface area contributed by atoms with Gasteiger partial charge in [0, 0.05) is 34.4 Å². The lowest BCUT2D eigenvalue weighted by Crippen LogP contribution is -2.39. The molecule has 1 fully saturated rings. The zero-order chi connectivity index (χ0) is 23.8. The van der Waals surface area contributed by atoms with Gasteiger partial charge in [-0.25, -0.2) is 4.79 Å². The van der Waals surface area contributed by atoms with Crippen LogP contribution in [0.15, 0.2) is 53.8 Å². The first-order chi connectivity index (χ1) is 16.4. The van der Waals surface area contributed by atoms with Gasteiger partial charge in [0.1, 0.15) is 0 Å². The summed E-state index contributed by atoms with van der Waals surface area (Å²) in [5.74, 6) is 0.411. The van der Waals surface area contributed by atoms with Gasteiger partial charge in [0.05, 0.1) is 5.25 Å². The Morgan fingerprint density at radius 1 is 1.15 bits per heavy atom. The average Bonchev–Trinajstić information content (AvgIpc) is 3.42. The Balaban J connectivity index is 1.30. The SMILES string of the molecule is Cc1ccc(NC(=O)NC(=O)C(C)Sc2nnc(-c3c[nH]c4ccccc34)n2C2CC2)c(C)c1. The van der Waals surface area contributed by atoms with Crippen LogP contribution >= 0.6 is 11.8 Å². The molecule has 3 N–H and O–H groups in total. The third-order valence-corrected chi connectivity index (χ3v) is 6.98. The van der Waals surface area contributed by atoms with Crippen molar-refractivity contribution in [2.24, 2.45) is 0 Å². The first kappa shape index (κ1) is 22.2. The van der Waals surface area contributed by atoms with Crippen molar-refractivity contribution in [3.8, 4) is 11.4 Å². The van der Waals surface area contributed by atoms with E-state index in [1.807, 2.05) is 56.4 Å². The third-order valence-electron chi connectivity index (χ3n) is 5.92. The normalized spacial score (nSPS) is 14.2. The van der Waals surface area contributed by atoms with E-state index in [-0.39, 0.29) is 5.91 Å². The first-order valence-electron chi connectivity index (χ1n) is 11.3. The number of para-hydroxylation sites is 1. The molecule has 1 atom stereocenters. The highest BCUT2D eigenvalue weighted by molar-refractivity contribution is 8.00. The molecule has 0 saturated heterocycles. The third kappa shape index (κ3) is 4.43. The number of H-pyrrole nitrogens is 1. The van der Waals surface area contributed by atoms with Crippen LogP contribution in [0.2, 0.25) is 0 Å². The van der Waals surface area contributed by atoms with Crippen LogP contribution in [0.3, 0.4) is 0 Å². The monoisotopic (exact) mass is 474 g/mol. The van der Waals surface area contributed by atoms with Crippen LogP contribution in [-0.4, -0.2) is 36.9 Å². The molecule has 8 nitrogen and oxygen atoms in total. The molecule has 1 aliphatic carbocycles. The number of carbonyl (C=O) groups excluding carboxylic acids is 2. The minimum Gasteiger partial charge on any atom is -0.360 e. The molecule has 2 aromatic carbocycles. The minimum atomic E-state index is -0.549. The Hall–Kier alpha value is -3.59. The number of aromatic nitrogens is 4. The van der Waals surface area contributed by atoms with E-state index in [1.165, 1.54) is 11.8 Å². The first-order valence-corrected chi connectivity index (χ1v) is 12.2. The summed E-state index contributed by atoms with van der Waals surface area (Å²) in [4.78, 5) is 28.4. The molecular formula is C25H26N6O2S. The van der Waals surface area contributed by atoms with E-state index >= 15 is 0 Å². The average molecular weight is 475 g/mol. The Morgan fingerprint density at radius 3 is 2.71 bits per heavy atom. The molecule has 1 unspecified atom stereocenters. The fourth-order valence-electron chi connectivity index (χ4n) is 3.99. The van der Waals surface area contributed by atoms with Crippen LogP contribution in [0.25, 0.3) is 22.3 Å². The maximum Gasteiger partial charge on any atom is 0.325 e. The summed E-state index contributed by atoms with van der Waals surface area (Å²) in [6.45, 7) is 5.67. The van der Waals surface area contributed by atoms with Crippen molar-refractivity contribution in [3.63, 3.8) is 0 Å². The van der Waals surface area contributed by atoms with Crippen LogP contribution < -0.4 is 10.6 Å². The van der Waals surface area contributed by atoms with Crippen LogP contribution in [0.1, 0.15) is 36.9 Å². The lowest BCUT2D eigenvalue weighted by molar-refractivity contribution is -0.119. The molecule has 5 rings (SSSR count). The summed E-state index contributed by atoms with van der Waals surface area (Å²) in [5.41, 5.74) is 4.75. The number of hydrogen-bond acceptors (Lipinski definition) is 5. The Bertz CT molecular complexity index is 1390. The van der Waals surface area contributed by atoms with Gasteiger partial charge in [-0.3, -0.25) is 14.7 Å². The number of aromatic amines is 1. The van der Waals surface area contributed by atoms with Gasteiger partial charge >= 0.3 is 6.03 Å². The Labute approximate surface area is 201 Å². The van der Waals surface area contributed by atoms with Crippen molar-refractivity contribution < 1.29 is 9.59 Å². The molecule has 4 aromatic rings. The van der Waals surface area contributed by atoms with Gasteiger partial charge < -0.3 is 10.3 Å². The highest BCUT2D eigenvalue weighted by atomic mass is 32.2. The predicted octanol–water partition coefficient (Wildman–Crippen LogP) is 5.21. The van der Waals surface area contributed by atoms with E-state index in [4.69, 9.17) is 0 Å². The molecule has 34 heavy (non-hydrogen) atoms. The zero-order valence-electron chi connectivity index (χ0n) is 19.3. The molecule has 1 aliphatic rings. The second-order valence-corrected chi connectivity index (χ2v) is 9.99. The number of nitrogens with zero attached hydrogens (tertiary/aromatic N) is 3. The van der Waals surface area contributed by atoms with Crippen molar-refractivity contribution >= 4 is 40.3 Å². The fourth-order valence-corrected chi connectivity index (χ4v) is 4.91. The zero-order valence-corrected chi connectivity index (χ0v) is 20.1. The van der Waals surface area contributed by atoms with Gasteiger partial charge in [0.15, 0.2) is 11.0 Å². The molecule has 0 radical (unpaired) electrons. The van der Waals surface area contributed by atoms with Gasteiger partial charge in [0.2, 0.25) is 5.91 Å². The summed E-state index contributed by atoms with van der Waals surface area (Å²) in [6, 6.07) is 13.6. The van der Waals surface area contributed by atoms with E-state index < -0.39 is 11.3 Å². The number of amides is 3. The number of nitrogens with one attached hydrogen (secondary N) is 3. The minimum absolute atomic E-state index is 0.323. The molecule has 0 bridgehead atoms. The highest BCUT2D eigenvalue weighted by Crippen LogP contribution is 2.42. The second-order valence-electron chi connectivity index (χ2n) is 8.68. The molecular weight excluding hydrogens is 448 g/mol. The van der Waals surface area contributed by atoms with Gasteiger partial charge in [0.25, 0.3) is 0 Å². The van der Waals surface area contributed by atoms with Crippen LogP contribution in [0.5, 0.6) is 0 Å². The summed E-state index contributed by atoms with van der Waals surface area (Å²) in [6.07, 6.45) is 4.06. The van der Waals surface area contributed by atoms with Crippen LogP contribution in [-0.2, 0) is 4.79 Å². The summed E-state index contributed by atoms with van der Waals surface area (Å²) in [5, 5.41) is 15.3. The maximum absolute atomic E-state index is 12.7. The molecule has 1 saturated carbocycles. The number of rotatable bonds is 6. The smallest absolute Gasteiger partial charge is 0.325 e. The number of fused-ring (bicyclic) bond motifs is 1. The van der Waals surface area contributed by atoms with Gasteiger partial charge in [-0.05, 0) is 51.3 Å². The molecule has 0 aliphatic heterocycles.